The van der Waals surface area contributed by atoms with Crippen molar-refractivity contribution >= 4 is 29.3 Å². The number of nitrogens with zero attached hydrogens (tertiary/aromatic N) is 3. The summed E-state index contributed by atoms with van der Waals surface area (Å²) in [6.45, 7) is 9.15. The van der Waals surface area contributed by atoms with E-state index in [0.717, 1.165) is 47.5 Å². The van der Waals surface area contributed by atoms with Crippen LogP contribution in [0.5, 0.6) is 5.75 Å². The number of amides is 2. The van der Waals surface area contributed by atoms with Crippen molar-refractivity contribution in [3.63, 3.8) is 0 Å². The van der Waals surface area contributed by atoms with E-state index >= 15 is 0 Å². The Kier molecular flexibility index (Phi) is 13.5. The average Bonchev–Trinajstić information content (AvgIpc) is 3.49. The first-order chi connectivity index (χ1) is 25.1. The number of benzene rings is 2. The standard InChI is InChI=1S/C41H63N5O6S/c1-24-33-19-29(41(33,3)4)20-34(24)43-40(50)37-36(25(2)48)35(23-47)52-46(37)21-26-12-11-13-32(38(26)51-9)27-16-28(18-31(17-27)45(7)8)39(49)42-30(14-15-53-10)22-44(5)6/h11-13,16-18,24-25,29-30,33-37,47-48H,14-15,19-23H2,1-10H3,(H,42,49)(H,43,50)/t24-,25-,29+,30-,33-,34-,35-,36-,37-/m0/s1. The predicted molar refractivity (Wildman–Crippen MR) is 213 cm³/mol. The maximum Gasteiger partial charge on any atom is 0.251 e. The summed E-state index contributed by atoms with van der Waals surface area (Å²) in [5.74, 6) is 2.05. The van der Waals surface area contributed by atoms with E-state index < -0.39 is 24.2 Å². The molecule has 1 aliphatic heterocycles. The number of fused-ring (bicyclic) bond motifs is 2. The summed E-state index contributed by atoms with van der Waals surface area (Å²) in [6.07, 6.45) is 3.43. The number of aliphatic hydroxyl groups excluding tert-OH is 2. The van der Waals surface area contributed by atoms with Gasteiger partial charge < -0.3 is 35.4 Å². The SMILES string of the molecule is COc1c(CN2O[C@@H](CO)[C@H]([C@H](C)O)[C@H]2C(=O)N[C@H]2C[C@H]3C[C@@H]([C@@H]2C)C3(C)C)cccc1-c1cc(C(=O)N[C@@H](CCSC)CN(C)C)cc(N(C)C)c1. The highest BCUT2D eigenvalue weighted by molar-refractivity contribution is 7.98. The van der Waals surface area contributed by atoms with Gasteiger partial charge >= 0.3 is 0 Å². The van der Waals surface area contributed by atoms with Crippen molar-refractivity contribution in [2.24, 2.45) is 29.1 Å². The van der Waals surface area contributed by atoms with Gasteiger partial charge in [0.15, 0.2) is 0 Å². The summed E-state index contributed by atoms with van der Waals surface area (Å²) in [4.78, 5) is 38.4. The summed E-state index contributed by atoms with van der Waals surface area (Å²) in [5.41, 5.74) is 4.08. The Morgan fingerprint density at radius 2 is 1.89 bits per heavy atom. The molecule has 3 saturated carbocycles. The molecule has 2 aromatic carbocycles. The first kappa shape index (κ1) is 41.3. The first-order valence-electron chi connectivity index (χ1n) is 19.1. The zero-order chi connectivity index (χ0) is 38.8. The normalized spacial score (nSPS) is 27.5. The van der Waals surface area contributed by atoms with Gasteiger partial charge in [0.2, 0.25) is 5.91 Å². The number of rotatable bonds is 16. The van der Waals surface area contributed by atoms with Crippen molar-refractivity contribution < 1.29 is 29.4 Å². The Morgan fingerprint density at radius 1 is 1.15 bits per heavy atom. The molecule has 4 N–H and O–H groups in total. The second kappa shape index (κ2) is 17.3. The Morgan fingerprint density at radius 3 is 2.47 bits per heavy atom. The van der Waals surface area contributed by atoms with Crippen LogP contribution in [0.25, 0.3) is 11.1 Å². The number of hydroxylamine groups is 2. The molecule has 1 heterocycles. The number of thioether (sulfide) groups is 1. The number of methoxy groups -OCH3 is 1. The molecule has 3 aliphatic carbocycles. The average molecular weight is 754 g/mol. The molecule has 294 valence electrons. The summed E-state index contributed by atoms with van der Waals surface area (Å²) in [6, 6.07) is 10.9. The van der Waals surface area contributed by atoms with Crippen molar-refractivity contribution in [2.45, 2.75) is 83.8 Å². The van der Waals surface area contributed by atoms with Gasteiger partial charge in [-0.05, 0) is 99.2 Å². The number of carbonyl (C=O) groups is 2. The molecule has 11 nitrogen and oxygen atoms in total. The number of aliphatic hydroxyl groups is 2. The summed E-state index contributed by atoms with van der Waals surface area (Å²) in [7, 11) is 9.54. The monoisotopic (exact) mass is 753 g/mol. The van der Waals surface area contributed by atoms with Crippen molar-refractivity contribution in [3.8, 4) is 16.9 Å². The molecule has 9 atom stereocenters. The minimum absolute atomic E-state index is 0.00644. The van der Waals surface area contributed by atoms with Gasteiger partial charge in [0.05, 0.1) is 26.4 Å². The van der Waals surface area contributed by atoms with Gasteiger partial charge in [-0.2, -0.15) is 16.8 Å². The number of carbonyl (C=O) groups excluding carboxylic acids is 2. The molecule has 2 bridgehead atoms. The number of hydrogen-bond donors (Lipinski definition) is 4. The summed E-state index contributed by atoms with van der Waals surface area (Å²) < 4.78 is 6.09. The molecule has 6 rings (SSSR count). The van der Waals surface area contributed by atoms with Crippen molar-refractivity contribution in [1.29, 1.82) is 0 Å². The van der Waals surface area contributed by atoms with Gasteiger partial charge in [0.25, 0.3) is 5.91 Å². The number of hydrogen-bond acceptors (Lipinski definition) is 10. The number of ether oxygens (including phenoxy) is 1. The Hall–Kier alpha value is -2.87. The number of likely N-dealkylation sites (N-methyl/N-ethyl adjacent to an activating group) is 1. The molecule has 4 fully saturated rings. The number of nitrogens with one attached hydrogen (secondary N) is 2. The quantitative estimate of drug-likeness (QED) is 0.195. The van der Waals surface area contributed by atoms with E-state index in [1.807, 2.05) is 69.5 Å². The Bertz CT molecular complexity index is 1590. The van der Waals surface area contributed by atoms with Gasteiger partial charge in [-0.3, -0.25) is 14.4 Å². The summed E-state index contributed by atoms with van der Waals surface area (Å²) in [5, 5.41) is 29.5. The minimum Gasteiger partial charge on any atom is -0.496 e. The van der Waals surface area contributed by atoms with Crippen LogP contribution in [0.2, 0.25) is 0 Å². The van der Waals surface area contributed by atoms with E-state index in [-0.39, 0.29) is 42.5 Å². The van der Waals surface area contributed by atoms with E-state index in [2.05, 4.69) is 42.6 Å². The molecule has 2 amide bonds. The fraction of sp³-hybridized carbons (Fsp3) is 0.659. The van der Waals surface area contributed by atoms with Crippen LogP contribution < -0.4 is 20.3 Å². The van der Waals surface area contributed by atoms with Crippen LogP contribution in [0.15, 0.2) is 36.4 Å². The smallest absolute Gasteiger partial charge is 0.251 e. The lowest BCUT2D eigenvalue weighted by Gasteiger charge is -2.62. The maximum atomic E-state index is 14.3. The molecule has 53 heavy (non-hydrogen) atoms. The zero-order valence-corrected chi connectivity index (χ0v) is 34.2. The van der Waals surface area contributed by atoms with E-state index in [4.69, 9.17) is 9.57 Å². The highest BCUT2D eigenvalue weighted by atomic mass is 32.2. The lowest BCUT2D eigenvalue weighted by atomic mass is 9.45. The number of para-hydroxylation sites is 1. The van der Waals surface area contributed by atoms with Crippen molar-refractivity contribution in [3.05, 3.63) is 47.5 Å². The minimum atomic E-state index is -0.895. The third-order valence-electron chi connectivity index (χ3n) is 12.3. The van der Waals surface area contributed by atoms with Crippen molar-refractivity contribution in [1.82, 2.24) is 20.6 Å². The molecule has 12 heteroatoms. The molecule has 0 unspecified atom stereocenters. The third kappa shape index (κ3) is 8.84. The molecule has 0 spiro atoms. The van der Waals surface area contributed by atoms with Crippen LogP contribution in [0.1, 0.15) is 62.9 Å². The maximum absolute atomic E-state index is 14.3. The van der Waals surface area contributed by atoms with E-state index in [1.165, 1.54) is 6.42 Å². The fourth-order valence-electron chi connectivity index (χ4n) is 9.16. The number of anilines is 1. The fourth-order valence-corrected chi connectivity index (χ4v) is 9.68. The zero-order valence-electron chi connectivity index (χ0n) is 33.4. The second-order valence-corrected chi connectivity index (χ2v) is 17.6. The lowest BCUT2D eigenvalue weighted by molar-refractivity contribution is -0.183. The van der Waals surface area contributed by atoms with Crippen LogP contribution in [-0.4, -0.2) is 123 Å². The molecule has 2 aromatic rings. The highest BCUT2D eigenvalue weighted by Gasteiger charge is 2.57. The molecule has 4 aliphatic rings. The van der Waals surface area contributed by atoms with Gasteiger partial charge in [-0.25, -0.2) is 0 Å². The van der Waals surface area contributed by atoms with Gasteiger partial charge in [0.1, 0.15) is 17.9 Å². The third-order valence-corrected chi connectivity index (χ3v) is 12.9. The molecular weight excluding hydrogens is 691 g/mol. The van der Waals surface area contributed by atoms with E-state index in [0.29, 0.717) is 29.1 Å². The Labute approximate surface area is 321 Å². The van der Waals surface area contributed by atoms with Gasteiger partial charge in [-0.15, -0.1) is 0 Å². The van der Waals surface area contributed by atoms with Crippen LogP contribution in [-0.2, 0) is 16.2 Å². The highest BCUT2D eigenvalue weighted by Crippen LogP contribution is 2.61. The molecule has 0 aromatic heterocycles. The van der Waals surface area contributed by atoms with E-state index in [9.17, 15) is 19.8 Å². The van der Waals surface area contributed by atoms with Gasteiger partial charge in [-0.1, -0.05) is 39.0 Å². The van der Waals surface area contributed by atoms with Crippen LogP contribution in [0, 0.1) is 29.1 Å². The van der Waals surface area contributed by atoms with Crippen molar-refractivity contribution in [2.75, 3.05) is 65.4 Å². The largest absolute Gasteiger partial charge is 0.496 e. The summed E-state index contributed by atoms with van der Waals surface area (Å²) >= 11 is 1.77. The Balaban J connectivity index is 1.44. The topological polar surface area (TPSA) is 127 Å². The molecule has 1 saturated heterocycles. The molecular formula is C41H63N5O6S. The van der Waals surface area contributed by atoms with Crippen LogP contribution in [0.3, 0.4) is 0 Å². The predicted octanol–water partition coefficient (Wildman–Crippen LogP) is 4.50. The second-order valence-electron chi connectivity index (χ2n) is 16.6. The van der Waals surface area contributed by atoms with Crippen LogP contribution in [0.4, 0.5) is 5.69 Å². The van der Waals surface area contributed by atoms with Crippen LogP contribution >= 0.6 is 11.8 Å². The first-order valence-corrected chi connectivity index (χ1v) is 20.5. The van der Waals surface area contributed by atoms with E-state index in [1.54, 1.807) is 30.9 Å². The molecule has 0 radical (unpaired) electrons. The lowest BCUT2D eigenvalue weighted by Crippen LogP contribution is -2.62. The van der Waals surface area contributed by atoms with Gasteiger partial charge in [0, 0.05) is 61.0 Å².